The summed E-state index contributed by atoms with van der Waals surface area (Å²) in [6, 6.07) is 7.29. The van der Waals surface area contributed by atoms with Crippen molar-refractivity contribution < 1.29 is 9.18 Å². The second kappa shape index (κ2) is 5.53. The summed E-state index contributed by atoms with van der Waals surface area (Å²) in [5.74, 6) is -2.02. The minimum atomic E-state index is -0.769. The molecule has 6 heteroatoms. The van der Waals surface area contributed by atoms with Gasteiger partial charge in [-0.25, -0.2) is 4.39 Å². The summed E-state index contributed by atoms with van der Waals surface area (Å²) in [5.41, 5.74) is 5.37. The Morgan fingerprint density at radius 3 is 2.90 bits per heavy atom. The molecule has 20 heavy (non-hydrogen) atoms. The maximum atomic E-state index is 13.6. The van der Waals surface area contributed by atoms with Gasteiger partial charge < -0.3 is 10.7 Å². The fraction of sp³-hybridized carbons (Fsp3) is 0.214. The van der Waals surface area contributed by atoms with Crippen LogP contribution in [0.1, 0.15) is 24.5 Å². The van der Waals surface area contributed by atoms with Crippen LogP contribution < -0.4 is 11.2 Å². The number of H-pyrrole nitrogens is 1. The topological polar surface area (TPSA) is 99.7 Å². The van der Waals surface area contributed by atoms with Crippen molar-refractivity contribution in [1.29, 1.82) is 5.26 Å². The Labute approximate surface area is 113 Å². The average molecular weight is 273 g/mol. The molecule has 0 aliphatic heterocycles. The molecule has 5 nitrogen and oxygen atoms in total. The van der Waals surface area contributed by atoms with E-state index >= 15 is 0 Å². The number of halogens is 1. The maximum absolute atomic E-state index is 13.6. The van der Waals surface area contributed by atoms with Crippen LogP contribution in [0.4, 0.5) is 4.39 Å². The number of nitrogens with zero attached hydrogens (tertiary/aromatic N) is 1. The van der Waals surface area contributed by atoms with E-state index in [1.54, 1.807) is 6.07 Å². The summed E-state index contributed by atoms with van der Waals surface area (Å²) < 4.78 is 13.6. The smallest absolute Gasteiger partial charge is 0.226 e. The van der Waals surface area contributed by atoms with Crippen LogP contribution >= 0.6 is 0 Å². The van der Waals surface area contributed by atoms with E-state index < -0.39 is 23.1 Å². The number of nitriles is 1. The first-order valence-corrected chi connectivity index (χ1v) is 6.02. The molecule has 0 saturated heterocycles. The number of pyridine rings is 1. The number of rotatable bonds is 4. The Hall–Kier alpha value is -2.68. The summed E-state index contributed by atoms with van der Waals surface area (Å²) in [6.07, 6.45) is 0.347. The number of carbonyl (C=O) groups is 1. The Balaban J connectivity index is 2.58. The van der Waals surface area contributed by atoms with Crippen molar-refractivity contribution in [2.45, 2.75) is 18.8 Å². The highest BCUT2D eigenvalue weighted by molar-refractivity contribution is 5.84. The minimum absolute atomic E-state index is 0.0558. The molecule has 0 bridgehead atoms. The first kappa shape index (κ1) is 13.7. The number of aromatic amines is 1. The normalized spacial score (nSPS) is 12.0. The van der Waals surface area contributed by atoms with Crippen LogP contribution in [0.5, 0.6) is 0 Å². The molecule has 102 valence electrons. The highest BCUT2D eigenvalue weighted by Gasteiger charge is 2.20. The van der Waals surface area contributed by atoms with Gasteiger partial charge in [-0.05, 0) is 18.6 Å². The quantitative estimate of drug-likeness (QED) is 0.883. The van der Waals surface area contributed by atoms with Gasteiger partial charge in [0.2, 0.25) is 5.91 Å². The van der Waals surface area contributed by atoms with Gasteiger partial charge in [0.1, 0.15) is 5.82 Å². The predicted octanol–water partition coefficient (Wildman–Crippen LogP) is 1.54. The van der Waals surface area contributed by atoms with E-state index in [2.05, 4.69) is 4.98 Å². The number of hydrogen-bond acceptors (Lipinski definition) is 3. The fourth-order valence-corrected chi connectivity index (χ4v) is 2.13. The third kappa shape index (κ3) is 2.52. The Morgan fingerprint density at radius 2 is 2.25 bits per heavy atom. The molecule has 0 radical (unpaired) electrons. The van der Waals surface area contributed by atoms with Crippen molar-refractivity contribution >= 4 is 16.8 Å². The van der Waals surface area contributed by atoms with E-state index in [1.807, 2.05) is 6.07 Å². The van der Waals surface area contributed by atoms with Crippen molar-refractivity contribution in [3.8, 4) is 6.07 Å². The highest BCUT2D eigenvalue weighted by atomic mass is 19.1. The molecule has 2 rings (SSSR count). The van der Waals surface area contributed by atoms with Crippen LogP contribution in [-0.4, -0.2) is 10.9 Å². The zero-order valence-electron chi connectivity index (χ0n) is 10.5. The number of carbonyl (C=O) groups excluding carboxylic acids is 1. The van der Waals surface area contributed by atoms with Crippen LogP contribution in [-0.2, 0) is 4.79 Å². The molecule has 2 aromatic rings. The molecule has 3 N–H and O–H groups in total. The van der Waals surface area contributed by atoms with Gasteiger partial charge in [-0.15, -0.1) is 0 Å². The van der Waals surface area contributed by atoms with E-state index in [0.29, 0.717) is 11.2 Å². The molecule has 0 aliphatic rings. The zero-order chi connectivity index (χ0) is 14.7. The summed E-state index contributed by atoms with van der Waals surface area (Å²) in [6.45, 7) is 0. The van der Waals surface area contributed by atoms with Gasteiger partial charge in [0.15, 0.2) is 5.43 Å². The molecule has 0 fully saturated rings. The predicted molar refractivity (Wildman–Crippen MR) is 71.3 cm³/mol. The van der Waals surface area contributed by atoms with E-state index in [9.17, 15) is 14.0 Å². The molecule has 1 amide bonds. The van der Waals surface area contributed by atoms with Gasteiger partial charge in [0.05, 0.1) is 22.9 Å². The van der Waals surface area contributed by atoms with Crippen LogP contribution in [0.15, 0.2) is 29.1 Å². The number of hydrogen-bond donors (Lipinski definition) is 2. The zero-order valence-corrected chi connectivity index (χ0v) is 10.5. The lowest BCUT2D eigenvalue weighted by Crippen LogP contribution is -2.23. The van der Waals surface area contributed by atoms with E-state index in [4.69, 9.17) is 11.0 Å². The second-order valence-corrected chi connectivity index (χ2v) is 4.40. The standard InChI is InChI=1S/C14H12FN3O2/c15-9-4-1-5-10-13(9)12(19)7-11(18-10)8(14(17)20)3-2-6-16/h1,4-5,7-8H,2-3H2,(H2,17,20)(H,18,19). The molecular weight excluding hydrogens is 261 g/mol. The van der Waals surface area contributed by atoms with Gasteiger partial charge in [0, 0.05) is 18.2 Å². The lowest BCUT2D eigenvalue weighted by Gasteiger charge is -2.13. The van der Waals surface area contributed by atoms with Crippen LogP contribution in [0.3, 0.4) is 0 Å². The second-order valence-electron chi connectivity index (χ2n) is 4.40. The largest absolute Gasteiger partial charge is 0.369 e. The van der Waals surface area contributed by atoms with Gasteiger partial charge in [0.25, 0.3) is 0 Å². The van der Waals surface area contributed by atoms with Crippen LogP contribution in [0.2, 0.25) is 0 Å². The molecule has 1 heterocycles. The molecular formula is C14H12FN3O2. The number of primary amides is 1. The SMILES string of the molecule is N#CCCC(C(N)=O)c1cc(=O)c2c(F)cccc2[nH]1. The van der Waals surface area contributed by atoms with Crippen molar-refractivity contribution in [2.24, 2.45) is 5.73 Å². The summed E-state index contributed by atoms with van der Waals surface area (Å²) in [7, 11) is 0. The first-order chi connectivity index (χ1) is 9.54. The molecule has 0 spiro atoms. The maximum Gasteiger partial charge on any atom is 0.226 e. The lowest BCUT2D eigenvalue weighted by molar-refractivity contribution is -0.119. The Morgan fingerprint density at radius 1 is 1.50 bits per heavy atom. The van der Waals surface area contributed by atoms with Crippen molar-refractivity contribution in [1.82, 2.24) is 4.98 Å². The van der Waals surface area contributed by atoms with Crippen LogP contribution in [0.25, 0.3) is 10.9 Å². The molecule has 0 saturated carbocycles. The Bertz CT molecular complexity index is 761. The van der Waals surface area contributed by atoms with Gasteiger partial charge in [-0.3, -0.25) is 9.59 Å². The number of amides is 1. The van der Waals surface area contributed by atoms with Gasteiger partial charge in [-0.1, -0.05) is 6.07 Å². The summed E-state index contributed by atoms with van der Waals surface area (Å²) >= 11 is 0. The highest BCUT2D eigenvalue weighted by Crippen LogP contribution is 2.21. The number of nitrogens with two attached hydrogens (primary N) is 1. The van der Waals surface area contributed by atoms with E-state index in [1.165, 1.54) is 12.1 Å². The van der Waals surface area contributed by atoms with Crippen molar-refractivity contribution in [3.05, 3.63) is 46.0 Å². The molecule has 1 atom stereocenters. The third-order valence-corrected chi connectivity index (χ3v) is 3.09. The fourth-order valence-electron chi connectivity index (χ4n) is 2.13. The average Bonchev–Trinajstić information content (AvgIpc) is 2.38. The number of fused-ring (bicyclic) bond motifs is 1. The Kier molecular flexibility index (Phi) is 3.80. The lowest BCUT2D eigenvalue weighted by atomic mass is 9.97. The molecule has 1 aromatic carbocycles. The molecule has 1 aromatic heterocycles. The van der Waals surface area contributed by atoms with Crippen LogP contribution in [0, 0.1) is 17.1 Å². The van der Waals surface area contributed by atoms with Crippen molar-refractivity contribution in [2.75, 3.05) is 0 Å². The third-order valence-electron chi connectivity index (χ3n) is 3.09. The molecule has 1 unspecified atom stereocenters. The van der Waals surface area contributed by atoms with Gasteiger partial charge >= 0.3 is 0 Å². The van der Waals surface area contributed by atoms with Gasteiger partial charge in [-0.2, -0.15) is 5.26 Å². The van der Waals surface area contributed by atoms with E-state index in [-0.39, 0.29) is 18.2 Å². The summed E-state index contributed by atoms with van der Waals surface area (Å²) in [4.78, 5) is 26.2. The van der Waals surface area contributed by atoms with Crippen molar-refractivity contribution in [3.63, 3.8) is 0 Å². The number of aromatic nitrogens is 1. The monoisotopic (exact) mass is 273 g/mol. The summed E-state index contributed by atoms with van der Waals surface area (Å²) in [5, 5.41) is 8.53. The minimum Gasteiger partial charge on any atom is -0.369 e. The number of nitrogens with one attached hydrogen (secondary N) is 1. The molecule has 0 aliphatic carbocycles. The number of benzene rings is 1. The first-order valence-electron chi connectivity index (χ1n) is 6.02. The van der Waals surface area contributed by atoms with E-state index in [0.717, 1.165) is 6.07 Å².